The maximum Gasteiger partial charge on any atom is 0.249 e. The molecule has 1 aromatic heterocycles. The molecule has 0 aliphatic carbocycles. The van der Waals surface area contributed by atoms with Crippen molar-refractivity contribution < 1.29 is 4.79 Å². The van der Waals surface area contributed by atoms with Crippen LogP contribution in [0.3, 0.4) is 0 Å². The van der Waals surface area contributed by atoms with E-state index in [0.717, 1.165) is 11.5 Å². The van der Waals surface area contributed by atoms with Gasteiger partial charge in [-0.25, -0.2) is 4.98 Å². The van der Waals surface area contributed by atoms with Gasteiger partial charge in [-0.3, -0.25) is 4.79 Å². The summed E-state index contributed by atoms with van der Waals surface area (Å²) in [5, 5.41) is 0.448. The van der Waals surface area contributed by atoms with E-state index in [4.69, 9.17) is 11.6 Å². The summed E-state index contributed by atoms with van der Waals surface area (Å²) in [6.07, 6.45) is 0. The van der Waals surface area contributed by atoms with Crippen LogP contribution in [0.5, 0.6) is 0 Å². The van der Waals surface area contributed by atoms with Gasteiger partial charge in [0.05, 0.1) is 5.69 Å². The fourth-order valence-corrected chi connectivity index (χ4v) is 2.41. The molecule has 0 N–H and O–H groups in total. The lowest BCUT2D eigenvalue weighted by Gasteiger charge is -2.41. The number of nitrogens with zero attached hydrogens (tertiary/aromatic N) is 3. The van der Waals surface area contributed by atoms with Crippen molar-refractivity contribution in [3.8, 4) is 0 Å². The number of fused-ring (bicyclic) bond motifs is 1. The Bertz CT molecular complexity index is 461. The summed E-state index contributed by atoms with van der Waals surface area (Å²) in [6, 6.07) is 3.54. The van der Waals surface area contributed by atoms with Crippen molar-refractivity contribution in [2.24, 2.45) is 0 Å². The van der Waals surface area contributed by atoms with Gasteiger partial charge in [0.2, 0.25) is 5.91 Å². The lowest BCUT2D eigenvalue weighted by atomic mass is 10.1. The molecule has 1 aromatic rings. The molecule has 0 aromatic carbocycles. The van der Waals surface area contributed by atoms with Gasteiger partial charge in [0, 0.05) is 13.1 Å². The lowest BCUT2D eigenvalue weighted by molar-refractivity contribution is -0.119. The fourth-order valence-electron chi connectivity index (χ4n) is 2.26. The van der Waals surface area contributed by atoms with Crippen molar-refractivity contribution in [3.63, 3.8) is 0 Å². The van der Waals surface area contributed by atoms with Gasteiger partial charge in [-0.05, 0) is 32.9 Å². The molecule has 0 bridgehead atoms. The Hall–Kier alpha value is -1.29. The van der Waals surface area contributed by atoms with Gasteiger partial charge in [-0.2, -0.15) is 0 Å². The summed E-state index contributed by atoms with van der Waals surface area (Å²) in [7, 11) is 1.77. The zero-order valence-corrected chi connectivity index (χ0v) is 11.2. The van der Waals surface area contributed by atoms with Crippen LogP contribution in [0.1, 0.15) is 20.8 Å². The van der Waals surface area contributed by atoms with E-state index in [1.807, 2.05) is 31.7 Å². The van der Waals surface area contributed by atoms with E-state index in [0.29, 0.717) is 5.15 Å². The zero-order valence-electron chi connectivity index (χ0n) is 10.4. The quantitative estimate of drug-likeness (QED) is 0.721. The minimum atomic E-state index is -0.210. The van der Waals surface area contributed by atoms with Crippen LogP contribution < -0.4 is 9.80 Å². The zero-order chi connectivity index (χ0) is 12.7. The molecule has 2 heterocycles. The Kier molecular flexibility index (Phi) is 3.00. The van der Waals surface area contributed by atoms with Gasteiger partial charge >= 0.3 is 0 Å². The molecule has 1 amide bonds. The van der Waals surface area contributed by atoms with Crippen molar-refractivity contribution in [1.82, 2.24) is 4.98 Å². The molecule has 1 atom stereocenters. The van der Waals surface area contributed by atoms with Crippen LogP contribution in [0.4, 0.5) is 11.5 Å². The topological polar surface area (TPSA) is 36.4 Å². The highest BCUT2D eigenvalue weighted by Crippen LogP contribution is 2.35. The number of rotatable bonds is 1. The van der Waals surface area contributed by atoms with Gasteiger partial charge in [0.1, 0.15) is 11.2 Å². The summed E-state index contributed by atoms with van der Waals surface area (Å²) < 4.78 is 0. The van der Waals surface area contributed by atoms with Gasteiger partial charge in [-0.1, -0.05) is 11.6 Å². The van der Waals surface area contributed by atoms with Crippen molar-refractivity contribution >= 4 is 29.0 Å². The minimum absolute atomic E-state index is 0.0790. The Morgan fingerprint density at radius 1 is 1.41 bits per heavy atom. The maximum absolute atomic E-state index is 12.1. The number of halogens is 1. The number of aromatic nitrogens is 1. The molecule has 92 valence electrons. The first-order chi connectivity index (χ1) is 7.93. The van der Waals surface area contributed by atoms with Crippen LogP contribution in [-0.4, -0.2) is 30.0 Å². The second-order valence-corrected chi connectivity index (χ2v) is 4.94. The molecule has 5 heteroatoms. The predicted octanol–water partition coefficient (Wildman–Crippen LogP) is 2.31. The highest BCUT2D eigenvalue weighted by molar-refractivity contribution is 6.29. The van der Waals surface area contributed by atoms with E-state index >= 15 is 0 Å². The molecule has 0 fully saturated rings. The number of hydrogen-bond donors (Lipinski definition) is 0. The highest BCUT2D eigenvalue weighted by Gasteiger charge is 2.35. The second kappa shape index (κ2) is 4.18. The molecule has 1 aliphatic heterocycles. The Morgan fingerprint density at radius 2 is 2.06 bits per heavy atom. The molecule has 0 unspecified atom stereocenters. The number of carbonyl (C=O) groups excluding carboxylic acids is 1. The van der Waals surface area contributed by atoms with E-state index in [-0.39, 0.29) is 18.0 Å². The molecule has 0 saturated carbocycles. The van der Waals surface area contributed by atoms with Crippen LogP contribution in [0.15, 0.2) is 12.1 Å². The van der Waals surface area contributed by atoms with Crippen molar-refractivity contribution in [1.29, 1.82) is 0 Å². The molecule has 2 rings (SSSR count). The highest BCUT2D eigenvalue weighted by atomic mass is 35.5. The summed E-state index contributed by atoms with van der Waals surface area (Å²) in [4.78, 5) is 20.1. The number of anilines is 2. The standard InChI is InChI=1S/C12H16ClN3O/c1-7(2)16-8(3)12(17)15(4)9-5-6-10(13)14-11(9)16/h5-8H,1-4H3/t8-/m0/s1. The number of pyridine rings is 1. The summed E-state index contributed by atoms with van der Waals surface area (Å²) in [5.41, 5.74) is 0.811. The number of hydrogen-bond acceptors (Lipinski definition) is 3. The molecule has 0 radical (unpaired) electrons. The summed E-state index contributed by atoms with van der Waals surface area (Å²) in [6.45, 7) is 5.98. The third kappa shape index (κ3) is 1.86. The van der Waals surface area contributed by atoms with E-state index in [9.17, 15) is 4.79 Å². The molecule has 0 saturated heterocycles. The number of amides is 1. The normalized spacial score (nSPS) is 19.9. The first kappa shape index (κ1) is 12.2. The third-order valence-electron chi connectivity index (χ3n) is 3.09. The average Bonchev–Trinajstić information content (AvgIpc) is 2.25. The molecule has 4 nitrogen and oxygen atoms in total. The smallest absolute Gasteiger partial charge is 0.249 e. The largest absolute Gasteiger partial charge is 0.341 e. The van der Waals surface area contributed by atoms with Crippen molar-refractivity contribution in [2.45, 2.75) is 32.9 Å². The van der Waals surface area contributed by atoms with E-state index in [1.165, 1.54) is 0 Å². The Labute approximate surface area is 106 Å². The maximum atomic E-state index is 12.1. The SMILES string of the molecule is CC(C)N1c2nc(Cl)ccc2N(C)C(=O)[C@@H]1C. The summed E-state index contributed by atoms with van der Waals surface area (Å²) in [5.74, 6) is 0.859. The van der Waals surface area contributed by atoms with Crippen molar-refractivity contribution in [3.05, 3.63) is 17.3 Å². The minimum Gasteiger partial charge on any atom is -0.341 e. The van der Waals surface area contributed by atoms with Gasteiger partial charge in [0.15, 0.2) is 5.82 Å². The second-order valence-electron chi connectivity index (χ2n) is 4.55. The fraction of sp³-hybridized carbons (Fsp3) is 0.500. The lowest BCUT2D eigenvalue weighted by Crippen LogP contribution is -2.53. The van der Waals surface area contributed by atoms with Crippen LogP contribution in [0, 0.1) is 0 Å². The van der Waals surface area contributed by atoms with Crippen LogP contribution in [0.2, 0.25) is 5.15 Å². The molecular formula is C12H16ClN3O. The van der Waals surface area contributed by atoms with E-state index in [1.54, 1.807) is 18.0 Å². The van der Waals surface area contributed by atoms with Gasteiger partial charge < -0.3 is 9.80 Å². The molecule has 17 heavy (non-hydrogen) atoms. The van der Waals surface area contributed by atoms with E-state index in [2.05, 4.69) is 4.98 Å². The predicted molar refractivity (Wildman–Crippen MR) is 69.7 cm³/mol. The first-order valence-corrected chi connectivity index (χ1v) is 6.03. The number of carbonyl (C=O) groups is 1. The molecule has 1 aliphatic rings. The first-order valence-electron chi connectivity index (χ1n) is 5.66. The monoisotopic (exact) mass is 253 g/mol. The molecular weight excluding hydrogens is 238 g/mol. The van der Waals surface area contributed by atoms with Crippen molar-refractivity contribution in [2.75, 3.05) is 16.8 Å². The third-order valence-corrected chi connectivity index (χ3v) is 3.30. The number of likely N-dealkylation sites (N-methyl/N-ethyl adjacent to an activating group) is 1. The molecule has 0 spiro atoms. The Balaban J connectivity index is 2.60. The van der Waals surface area contributed by atoms with Crippen LogP contribution in [0.25, 0.3) is 0 Å². The summed E-state index contributed by atoms with van der Waals surface area (Å²) >= 11 is 5.94. The Morgan fingerprint density at radius 3 is 2.65 bits per heavy atom. The average molecular weight is 254 g/mol. The van der Waals surface area contributed by atoms with E-state index < -0.39 is 0 Å². The van der Waals surface area contributed by atoms with Gasteiger partial charge in [0.25, 0.3) is 0 Å². The van der Waals surface area contributed by atoms with Crippen LogP contribution in [-0.2, 0) is 4.79 Å². The van der Waals surface area contributed by atoms with Gasteiger partial charge in [-0.15, -0.1) is 0 Å². The van der Waals surface area contributed by atoms with Crippen LogP contribution >= 0.6 is 11.6 Å².